The fraction of sp³-hybridized carbons (Fsp3) is 0.562. The highest BCUT2D eigenvalue weighted by molar-refractivity contribution is 7.80. The lowest BCUT2D eigenvalue weighted by Gasteiger charge is -2.27. The molecule has 0 amide bonds. The zero-order valence-electron chi connectivity index (χ0n) is 13.4. The Morgan fingerprint density at radius 1 is 1.29 bits per heavy atom. The Hall–Kier alpha value is -1.33. The molecule has 0 radical (unpaired) electrons. The zero-order chi connectivity index (χ0) is 15.7. The van der Waals surface area contributed by atoms with Crippen LogP contribution in [-0.2, 0) is 11.3 Å². The standard InChI is InChI=1S/C16H26N2O2S/c1-5-13(2)17-16(21)18(10-11-19-3)12-14-6-8-15(20-4)9-7-14/h6-9,13H,5,10-12H2,1-4H3,(H,17,21)/t13-/m0/s1. The molecule has 1 N–H and O–H groups in total. The molecular weight excluding hydrogens is 284 g/mol. The van der Waals surface area contributed by atoms with E-state index in [1.54, 1.807) is 14.2 Å². The number of benzene rings is 1. The molecule has 0 aliphatic carbocycles. The van der Waals surface area contributed by atoms with Crippen molar-refractivity contribution < 1.29 is 9.47 Å². The lowest BCUT2D eigenvalue weighted by molar-refractivity contribution is 0.173. The van der Waals surface area contributed by atoms with Crippen LogP contribution >= 0.6 is 12.2 Å². The average molecular weight is 310 g/mol. The Kier molecular flexibility index (Phi) is 8.08. The minimum atomic E-state index is 0.374. The first-order valence-electron chi connectivity index (χ1n) is 7.28. The summed E-state index contributed by atoms with van der Waals surface area (Å²) in [5.74, 6) is 0.863. The van der Waals surface area contributed by atoms with Gasteiger partial charge in [-0.1, -0.05) is 19.1 Å². The van der Waals surface area contributed by atoms with E-state index in [0.29, 0.717) is 12.6 Å². The number of rotatable bonds is 8. The van der Waals surface area contributed by atoms with Crippen LogP contribution in [-0.4, -0.2) is 43.4 Å². The highest BCUT2D eigenvalue weighted by atomic mass is 32.1. The molecule has 21 heavy (non-hydrogen) atoms. The van der Waals surface area contributed by atoms with E-state index in [9.17, 15) is 0 Å². The molecular formula is C16H26N2O2S. The van der Waals surface area contributed by atoms with Crippen LogP contribution in [0.25, 0.3) is 0 Å². The summed E-state index contributed by atoms with van der Waals surface area (Å²) in [5, 5.41) is 4.13. The average Bonchev–Trinajstić information content (AvgIpc) is 2.51. The van der Waals surface area contributed by atoms with Gasteiger partial charge in [0.1, 0.15) is 5.75 Å². The second-order valence-corrected chi connectivity index (χ2v) is 5.41. The van der Waals surface area contributed by atoms with Crippen molar-refractivity contribution in [2.24, 2.45) is 0 Å². The molecule has 1 rings (SSSR count). The van der Waals surface area contributed by atoms with Gasteiger partial charge in [0.05, 0.1) is 13.7 Å². The van der Waals surface area contributed by atoms with E-state index in [4.69, 9.17) is 21.7 Å². The quantitative estimate of drug-likeness (QED) is 0.747. The molecule has 1 aromatic rings. The maximum absolute atomic E-state index is 5.51. The summed E-state index contributed by atoms with van der Waals surface area (Å²) >= 11 is 5.51. The van der Waals surface area contributed by atoms with Crippen LogP contribution in [0, 0.1) is 0 Å². The number of nitrogens with one attached hydrogen (secondary N) is 1. The first-order valence-corrected chi connectivity index (χ1v) is 7.68. The van der Waals surface area contributed by atoms with Crippen LogP contribution in [0.15, 0.2) is 24.3 Å². The first-order chi connectivity index (χ1) is 10.1. The number of ether oxygens (including phenoxy) is 2. The van der Waals surface area contributed by atoms with Gasteiger partial charge in [-0.3, -0.25) is 0 Å². The summed E-state index contributed by atoms with van der Waals surface area (Å²) in [4.78, 5) is 2.13. The molecule has 0 spiro atoms. The van der Waals surface area contributed by atoms with E-state index in [-0.39, 0.29) is 0 Å². The molecule has 1 atom stereocenters. The van der Waals surface area contributed by atoms with Gasteiger partial charge < -0.3 is 19.7 Å². The lowest BCUT2D eigenvalue weighted by atomic mass is 10.2. The molecule has 4 nitrogen and oxygen atoms in total. The molecule has 0 heterocycles. The van der Waals surface area contributed by atoms with Gasteiger partial charge in [-0.25, -0.2) is 0 Å². The molecule has 0 aromatic heterocycles. The Labute approximate surface area is 133 Å². The summed E-state index contributed by atoms with van der Waals surface area (Å²) in [5.41, 5.74) is 1.19. The smallest absolute Gasteiger partial charge is 0.169 e. The largest absolute Gasteiger partial charge is 0.497 e. The summed E-state index contributed by atoms with van der Waals surface area (Å²) in [7, 11) is 3.38. The minimum Gasteiger partial charge on any atom is -0.497 e. The van der Waals surface area contributed by atoms with Crippen LogP contribution in [0.3, 0.4) is 0 Å². The Balaban J connectivity index is 2.69. The van der Waals surface area contributed by atoms with Gasteiger partial charge in [-0.05, 0) is 43.3 Å². The number of thiocarbonyl (C=S) groups is 1. The zero-order valence-corrected chi connectivity index (χ0v) is 14.2. The van der Waals surface area contributed by atoms with Crippen molar-refractivity contribution in [2.75, 3.05) is 27.4 Å². The fourth-order valence-corrected chi connectivity index (χ4v) is 2.17. The van der Waals surface area contributed by atoms with Gasteiger partial charge in [0.15, 0.2) is 5.11 Å². The Morgan fingerprint density at radius 3 is 2.48 bits per heavy atom. The van der Waals surface area contributed by atoms with Crippen molar-refractivity contribution in [3.05, 3.63) is 29.8 Å². The molecule has 0 bridgehead atoms. The second-order valence-electron chi connectivity index (χ2n) is 5.02. The molecule has 0 aliphatic rings. The maximum atomic E-state index is 5.51. The van der Waals surface area contributed by atoms with E-state index < -0.39 is 0 Å². The Morgan fingerprint density at radius 2 is 1.95 bits per heavy atom. The van der Waals surface area contributed by atoms with Crippen molar-refractivity contribution in [3.63, 3.8) is 0 Å². The Bertz CT molecular complexity index is 423. The van der Waals surface area contributed by atoms with E-state index >= 15 is 0 Å². The van der Waals surface area contributed by atoms with Crippen molar-refractivity contribution in [3.8, 4) is 5.75 Å². The van der Waals surface area contributed by atoms with E-state index in [0.717, 1.165) is 30.4 Å². The van der Waals surface area contributed by atoms with E-state index in [1.165, 1.54) is 5.56 Å². The number of methoxy groups -OCH3 is 2. The normalized spacial score (nSPS) is 11.8. The summed E-state index contributed by atoms with van der Waals surface area (Å²) in [6.07, 6.45) is 1.04. The van der Waals surface area contributed by atoms with Crippen LogP contribution in [0.1, 0.15) is 25.8 Å². The third-order valence-electron chi connectivity index (χ3n) is 3.37. The number of hydrogen-bond acceptors (Lipinski definition) is 3. The maximum Gasteiger partial charge on any atom is 0.169 e. The monoisotopic (exact) mass is 310 g/mol. The van der Waals surface area contributed by atoms with E-state index in [2.05, 4.69) is 36.2 Å². The van der Waals surface area contributed by atoms with Crippen LogP contribution in [0.5, 0.6) is 5.75 Å². The first kappa shape index (κ1) is 17.7. The molecule has 118 valence electrons. The van der Waals surface area contributed by atoms with Crippen molar-refractivity contribution in [1.29, 1.82) is 0 Å². The minimum absolute atomic E-state index is 0.374. The number of nitrogens with zero attached hydrogens (tertiary/aromatic N) is 1. The lowest BCUT2D eigenvalue weighted by Crippen LogP contribution is -2.44. The third kappa shape index (κ3) is 6.31. The molecule has 0 fully saturated rings. The summed E-state index contributed by atoms with van der Waals surface area (Å²) in [6.45, 7) is 6.45. The van der Waals surface area contributed by atoms with Gasteiger partial charge in [-0.15, -0.1) is 0 Å². The molecule has 0 aliphatic heterocycles. The molecule has 5 heteroatoms. The van der Waals surface area contributed by atoms with Gasteiger partial charge >= 0.3 is 0 Å². The highest BCUT2D eigenvalue weighted by Gasteiger charge is 2.12. The van der Waals surface area contributed by atoms with Gasteiger partial charge in [0, 0.05) is 26.2 Å². The molecule has 0 saturated heterocycles. The van der Waals surface area contributed by atoms with Gasteiger partial charge in [0.2, 0.25) is 0 Å². The predicted octanol–water partition coefficient (Wildman–Crippen LogP) is 2.82. The van der Waals surface area contributed by atoms with Crippen LogP contribution in [0.4, 0.5) is 0 Å². The topological polar surface area (TPSA) is 33.7 Å². The molecule has 0 unspecified atom stereocenters. The van der Waals surface area contributed by atoms with Gasteiger partial charge in [-0.2, -0.15) is 0 Å². The molecule has 1 aromatic carbocycles. The highest BCUT2D eigenvalue weighted by Crippen LogP contribution is 2.13. The van der Waals surface area contributed by atoms with Gasteiger partial charge in [0.25, 0.3) is 0 Å². The predicted molar refractivity (Wildman–Crippen MR) is 90.8 cm³/mol. The van der Waals surface area contributed by atoms with E-state index in [1.807, 2.05) is 12.1 Å². The van der Waals surface area contributed by atoms with Crippen LogP contribution < -0.4 is 10.1 Å². The molecule has 0 saturated carbocycles. The third-order valence-corrected chi connectivity index (χ3v) is 3.74. The van der Waals surface area contributed by atoms with Crippen LogP contribution in [0.2, 0.25) is 0 Å². The van der Waals surface area contributed by atoms with Crippen molar-refractivity contribution >= 4 is 17.3 Å². The fourth-order valence-electron chi connectivity index (χ4n) is 1.81. The van der Waals surface area contributed by atoms with Crippen molar-refractivity contribution in [2.45, 2.75) is 32.9 Å². The number of hydrogen-bond donors (Lipinski definition) is 1. The summed E-state index contributed by atoms with van der Waals surface area (Å²) < 4.78 is 10.4. The van der Waals surface area contributed by atoms with Crippen molar-refractivity contribution in [1.82, 2.24) is 10.2 Å². The summed E-state index contributed by atoms with van der Waals surface area (Å²) in [6, 6.07) is 8.43. The second kappa shape index (κ2) is 9.58. The SMILES string of the molecule is CC[C@H](C)NC(=S)N(CCOC)Cc1ccc(OC)cc1.